The minimum Gasteiger partial charge on any atom is -0.459 e. The highest BCUT2D eigenvalue weighted by Crippen LogP contribution is 2.15. The number of rotatable bonds is 3. The van der Waals surface area contributed by atoms with Crippen LogP contribution in [0.4, 0.5) is 0 Å². The number of nitrogens with one attached hydrogen (secondary N) is 1. The van der Waals surface area contributed by atoms with E-state index in [4.69, 9.17) is 9.15 Å². The molecule has 0 aliphatic heterocycles. The van der Waals surface area contributed by atoms with Crippen LogP contribution >= 0.6 is 0 Å². The van der Waals surface area contributed by atoms with E-state index in [2.05, 4.69) is 15.2 Å². The zero-order valence-electron chi connectivity index (χ0n) is 8.97. The third-order valence-corrected chi connectivity index (χ3v) is 1.90. The predicted molar refractivity (Wildman–Crippen MR) is 56.3 cm³/mol. The molecule has 0 bridgehead atoms. The van der Waals surface area contributed by atoms with E-state index in [1.54, 1.807) is 13.0 Å². The lowest BCUT2D eigenvalue weighted by molar-refractivity contribution is 0.0481. The maximum absolute atomic E-state index is 11.3. The van der Waals surface area contributed by atoms with Crippen molar-refractivity contribution >= 4 is 5.97 Å². The molecule has 0 saturated carbocycles. The number of hydrogen-bond donors (Lipinski definition) is 1. The summed E-state index contributed by atoms with van der Waals surface area (Å²) in [6.07, 6.45) is 1.45. The van der Waals surface area contributed by atoms with Crippen LogP contribution in [-0.4, -0.2) is 27.8 Å². The molecule has 2 heterocycles. The van der Waals surface area contributed by atoms with Crippen molar-refractivity contribution in [1.82, 2.24) is 15.2 Å². The number of H-pyrrole nitrogens is 1. The van der Waals surface area contributed by atoms with Gasteiger partial charge in [0, 0.05) is 17.8 Å². The molecule has 1 N–H and O–H groups in total. The second kappa shape index (κ2) is 4.60. The molecule has 0 radical (unpaired) electrons. The zero-order chi connectivity index (χ0) is 12.3. The lowest BCUT2D eigenvalue weighted by Crippen LogP contribution is -2.04. The van der Waals surface area contributed by atoms with Crippen LogP contribution < -0.4 is 5.56 Å². The molecule has 17 heavy (non-hydrogen) atoms. The van der Waals surface area contributed by atoms with Crippen LogP contribution in [0.2, 0.25) is 0 Å². The third-order valence-electron chi connectivity index (χ3n) is 1.90. The normalized spacial score (nSPS) is 10.2. The maximum atomic E-state index is 11.3. The van der Waals surface area contributed by atoms with Crippen LogP contribution in [0.1, 0.15) is 17.6 Å². The molecule has 0 saturated heterocycles. The van der Waals surface area contributed by atoms with E-state index in [1.807, 2.05) is 0 Å². The quantitative estimate of drug-likeness (QED) is 0.782. The minimum absolute atomic E-state index is 0.0964. The SMILES string of the molecule is CCOC(=O)c1nnc(-c2cc[nH]c(=O)c2)o1. The Hall–Kier alpha value is -2.44. The number of pyridine rings is 1. The molecule has 2 rings (SSSR count). The Kier molecular flexibility index (Phi) is 2.99. The highest BCUT2D eigenvalue weighted by atomic mass is 16.5. The Morgan fingerprint density at radius 1 is 1.53 bits per heavy atom. The van der Waals surface area contributed by atoms with Crippen LogP contribution in [0.3, 0.4) is 0 Å². The lowest BCUT2D eigenvalue weighted by atomic mass is 10.3. The van der Waals surface area contributed by atoms with Gasteiger partial charge in [-0.05, 0) is 13.0 Å². The van der Waals surface area contributed by atoms with E-state index in [-0.39, 0.29) is 23.9 Å². The van der Waals surface area contributed by atoms with E-state index >= 15 is 0 Å². The van der Waals surface area contributed by atoms with Gasteiger partial charge in [0.15, 0.2) is 0 Å². The van der Waals surface area contributed by atoms with E-state index in [0.717, 1.165) is 0 Å². The molecule has 0 aliphatic rings. The molecule has 2 aromatic heterocycles. The van der Waals surface area contributed by atoms with Gasteiger partial charge in [-0.25, -0.2) is 4.79 Å². The molecule has 7 nitrogen and oxygen atoms in total. The van der Waals surface area contributed by atoms with Gasteiger partial charge in [0.1, 0.15) is 0 Å². The average Bonchev–Trinajstić information content (AvgIpc) is 2.78. The van der Waals surface area contributed by atoms with Crippen molar-refractivity contribution in [2.75, 3.05) is 6.61 Å². The second-order valence-electron chi connectivity index (χ2n) is 3.07. The van der Waals surface area contributed by atoms with Crippen molar-refractivity contribution in [3.8, 4) is 11.5 Å². The Balaban J connectivity index is 2.30. The number of nitrogens with zero attached hydrogens (tertiary/aromatic N) is 2. The smallest absolute Gasteiger partial charge is 0.396 e. The minimum atomic E-state index is -0.684. The number of carbonyl (C=O) groups is 1. The monoisotopic (exact) mass is 235 g/mol. The Labute approximate surface area is 95.4 Å². The fourth-order valence-corrected chi connectivity index (χ4v) is 1.19. The molecule has 7 heteroatoms. The van der Waals surface area contributed by atoms with Gasteiger partial charge < -0.3 is 14.1 Å². The van der Waals surface area contributed by atoms with Crippen LogP contribution in [0.25, 0.3) is 11.5 Å². The Bertz CT molecular complexity index is 587. The van der Waals surface area contributed by atoms with Crippen molar-refractivity contribution in [3.63, 3.8) is 0 Å². The first kappa shape index (κ1) is 11.1. The van der Waals surface area contributed by atoms with Crippen molar-refractivity contribution in [3.05, 3.63) is 34.6 Å². The van der Waals surface area contributed by atoms with Crippen molar-refractivity contribution < 1.29 is 13.9 Å². The zero-order valence-corrected chi connectivity index (χ0v) is 8.97. The Morgan fingerprint density at radius 2 is 2.35 bits per heavy atom. The second-order valence-corrected chi connectivity index (χ2v) is 3.07. The number of carbonyl (C=O) groups excluding carboxylic acids is 1. The van der Waals surface area contributed by atoms with Crippen LogP contribution in [0.15, 0.2) is 27.5 Å². The van der Waals surface area contributed by atoms with E-state index < -0.39 is 5.97 Å². The summed E-state index contributed by atoms with van der Waals surface area (Å²) < 4.78 is 9.79. The average molecular weight is 235 g/mol. The molecule has 2 aromatic rings. The Morgan fingerprint density at radius 3 is 3.06 bits per heavy atom. The van der Waals surface area contributed by atoms with Gasteiger partial charge in [-0.1, -0.05) is 0 Å². The summed E-state index contributed by atoms with van der Waals surface area (Å²) in [4.78, 5) is 24.8. The van der Waals surface area contributed by atoms with Crippen molar-refractivity contribution in [2.24, 2.45) is 0 Å². The predicted octanol–water partition coefficient (Wildman–Crippen LogP) is 0.602. The fraction of sp³-hybridized carbons (Fsp3) is 0.200. The van der Waals surface area contributed by atoms with Crippen LogP contribution in [-0.2, 0) is 4.74 Å². The summed E-state index contributed by atoms with van der Waals surface area (Å²) in [6.45, 7) is 1.90. The molecule has 0 unspecified atom stereocenters. The van der Waals surface area contributed by atoms with E-state index in [1.165, 1.54) is 12.3 Å². The molecular formula is C10H9N3O4. The molecule has 0 aliphatic carbocycles. The number of hydrogen-bond acceptors (Lipinski definition) is 6. The number of aromatic amines is 1. The summed E-state index contributed by atoms with van der Waals surface area (Å²) in [5.74, 6) is -0.822. The standard InChI is InChI=1S/C10H9N3O4/c1-2-16-10(15)9-13-12-8(17-9)6-3-4-11-7(14)5-6/h3-5H,2H2,1H3,(H,11,14). The van der Waals surface area contributed by atoms with Gasteiger partial charge in [0.2, 0.25) is 11.4 Å². The lowest BCUT2D eigenvalue weighted by Gasteiger charge is -1.94. The molecule has 0 fully saturated rings. The molecule has 0 spiro atoms. The van der Waals surface area contributed by atoms with Gasteiger partial charge in [-0.2, -0.15) is 0 Å². The maximum Gasteiger partial charge on any atom is 0.396 e. The highest BCUT2D eigenvalue weighted by molar-refractivity contribution is 5.84. The van der Waals surface area contributed by atoms with Crippen molar-refractivity contribution in [1.29, 1.82) is 0 Å². The first-order valence-electron chi connectivity index (χ1n) is 4.90. The fourth-order valence-electron chi connectivity index (χ4n) is 1.19. The summed E-state index contributed by atoms with van der Waals surface area (Å²) in [5, 5.41) is 7.20. The van der Waals surface area contributed by atoms with Gasteiger partial charge in [0.05, 0.1) is 6.61 Å². The summed E-state index contributed by atoms with van der Waals surface area (Å²) >= 11 is 0. The number of ether oxygens (including phenoxy) is 1. The van der Waals surface area contributed by atoms with Gasteiger partial charge in [-0.15, -0.1) is 10.2 Å². The summed E-state index contributed by atoms with van der Waals surface area (Å²) in [5.41, 5.74) is 0.148. The van der Waals surface area contributed by atoms with Gasteiger partial charge >= 0.3 is 11.9 Å². The van der Waals surface area contributed by atoms with E-state index in [0.29, 0.717) is 5.56 Å². The molecule has 0 aromatic carbocycles. The highest BCUT2D eigenvalue weighted by Gasteiger charge is 2.16. The van der Waals surface area contributed by atoms with E-state index in [9.17, 15) is 9.59 Å². The topological polar surface area (TPSA) is 98.1 Å². The molecule has 0 amide bonds. The number of aromatic nitrogens is 3. The number of esters is 1. The molecule has 88 valence electrons. The summed E-state index contributed by atoms with van der Waals surface area (Å²) in [6, 6.07) is 2.88. The third kappa shape index (κ3) is 2.39. The van der Waals surface area contributed by atoms with Crippen molar-refractivity contribution in [2.45, 2.75) is 6.92 Å². The first-order chi connectivity index (χ1) is 8.20. The first-order valence-corrected chi connectivity index (χ1v) is 4.90. The summed E-state index contributed by atoms with van der Waals surface area (Å²) in [7, 11) is 0. The van der Waals surface area contributed by atoms with Gasteiger partial charge in [0.25, 0.3) is 0 Å². The molecule has 0 atom stereocenters. The molecular weight excluding hydrogens is 226 g/mol. The van der Waals surface area contributed by atoms with Crippen LogP contribution in [0.5, 0.6) is 0 Å². The van der Waals surface area contributed by atoms with Crippen LogP contribution in [0, 0.1) is 0 Å². The largest absolute Gasteiger partial charge is 0.459 e. The van der Waals surface area contributed by atoms with Gasteiger partial charge in [-0.3, -0.25) is 4.79 Å².